The Bertz CT molecular complexity index is 964. The molecule has 1 atom stereocenters. The van der Waals surface area contributed by atoms with E-state index < -0.39 is 0 Å². The van der Waals surface area contributed by atoms with Crippen LogP contribution in [0.25, 0.3) is 16.8 Å². The second-order valence-corrected chi connectivity index (χ2v) is 6.13. The molecule has 5 rings (SSSR count). The van der Waals surface area contributed by atoms with Gasteiger partial charge in [0.25, 0.3) is 0 Å². The number of allylic oxidation sites excluding steroid dienone is 2. The number of hydrogen-bond acceptors (Lipinski definition) is 3. The molecule has 2 aliphatic rings. The van der Waals surface area contributed by atoms with Gasteiger partial charge >= 0.3 is 0 Å². The molecule has 112 valence electrons. The highest BCUT2D eigenvalue weighted by atomic mass is 15.2. The highest BCUT2D eigenvalue weighted by Gasteiger charge is 2.26. The molecule has 0 radical (unpaired) electrons. The molecule has 23 heavy (non-hydrogen) atoms. The van der Waals surface area contributed by atoms with Crippen LogP contribution in [-0.4, -0.2) is 20.3 Å². The van der Waals surface area contributed by atoms with E-state index in [-0.39, 0.29) is 0 Å². The number of benzene rings is 1. The smallest absolute Gasteiger partial charge is 0.137 e. The lowest BCUT2D eigenvalue weighted by Gasteiger charge is -2.19. The highest BCUT2D eigenvalue weighted by molar-refractivity contribution is 6.13. The minimum absolute atomic E-state index is 0.463. The standard InChI is InChI=1S/C19H16N4/c1-2-6-13(7-3-1)17-15-10-11-23-19(15)18(20-12-21-23)14-8-4-5-9-16(14)22-17/h1-2,4-5,8-13H,3,6-7H2. The fourth-order valence-corrected chi connectivity index (χ4v) is 3.67. The summed E-state index contributed by atoms with van der Waals surface area (Å²) in [5.41, 5.74) is 6.50. The first-order chi connectivity index (χ1) is 11.4. The number of para-hydroxylation sites is 1. The van der Waals surface area contributed by atoms with Crippen LogP contribution in [0.4, 0.5) is 5.69 Å². The summed E-state index contributed by atoms with van der Waals surface area (Å²) in [6.45, 7) is 0. The largest absolute Gasteiger partial charge is 0.252 e. The van der Waals surface area contributed by atoms with Crippen LogP contribution in [0.1, 0.15) is 24.8 Å². The van der Waals surface area contributed by atoms with E-state index in [4.69, 9.17) is 4.99 Å². The van der Waals surface area contributed by atoms with Gasteiger partial charge in [-0.3, -0.25) is 4.99 Å². The summed E-state index contributed by atoms with van der Waals surface area (Å²) < 4.78 is 1.92. The molecule has 0 amide bonds. The molecular formula is C19H16N4. The fraction of sp³-hybridized carbons (Fsp3) is 0.211. The summed E-state index contributed by atoms with van der Waals surface area (Å²) in [7, 11) is 0. The minimum Gasteiger partial charge on any atom is -0.252 e. The van der Waals surface area contributed by atoms with E-state index in [0.717, 1.165) is 41.7 Å². The molecule has 1 aliphatic carbocycles. The maximum atomic E-state index is 5.08. The first-order valence-corrected chi connectivity index (χ1v) is 8.07. The molecule has 1 aromatic carbocycles. The zero-order valence-corrected chi connectivity index (χ0v) is 12.7. The van der Waals surface area contributed by atoms with Crippen LogP contribution in [-0.2, 0) is 0 Å². The van der Waals surface area contributed by atoms with Crippen molar-refractivity contribution in [2.75, 3.05) is 0 Å². The molecule has 3 aromatic rings. The van der Waals surface area contributed by atoms with Gasteiger partial charge in [0.15, 0.2) is 0 Å². The van der Waals surface area contributed by atoms with Crippen LogP contribution in [0.15, 0.2) is 60.0 Å². The van der Waals surface area contributed by atoms with Crippen molar-refractivity contribution in [2.24, 2.45) is 10.9 Å². The summed E-state index contributed by atoms with van der Waals surface area (Å²) in [6, 6.07) is 10.4. The third kappa shape index (κ3) is 1.88. The molecule has 0 bridgehead atoms. The highest BCUT2D eigenvalue weighted by Crippen LogP contribution is 2.39. The quantitative estimate of drug-likeness (QED) is 0.632. The topological polar surface area (TPSA) is 42.5 Å². The summed E-state index contributed by atoms with van der Waals surface area (Å²) in [5.74, 6) is 0.463. The van der Waals surface area contributed by atoms with Gasteiger partial charge in [-0.1, -0.05) is 30.4 Å². The van der Waals surface area contributed by atoms with Crippen molar-refractivity contribution < 1.29 is 0 Å². The lowest BCUT2D eigenvalue weighted by atomic mass is 9.87. The minimum atomic E-state index is 0.463. The van der Waals surface area contributed by atoms with Gasteiger partial charge in [0.1, 0.15) is 17.5 Å². The predicted molar refractivity (Wildman–Crippen MR) is 91.1 cm³/mol. The van der Waals surface area contributed by atoms with Crippen molar-refractivity contribution in [3.63, 3.8) is 0 Å². The molecule has 0 N–H and O–H groups in total. The molecule has 4 heteroatoms. The van der Waals surface area contributed by atoms with Gasteiger partial charge in [-0.25, -0.2) is 9.50 Å². The number of hydrogen-bond donors (Lipinski definition) is 0. The van der Waals surface area contributed by atoms with Gasteiger partial charge in [-0.05, 0) is 31.4 Å². The van der Waals surface area contributed by atoms with Gasteiger partial charge in [0.05, 0.1) is 11.4 Å². The third-order valence-corrected chi connectivity index (χ3v) is 4.79. The lowest BCUT2D eigenvalue weighted by Crippen LogP contribution is -2.16. The van der Waals surface area contributed by atoms with E-state index in [1.807, 2.05) is 22.8 Å². The van der Waals surface area contributed by atoms with E-state index in [9.17, 15) is 0 Å². The normalized spacial score (nSPS) is 19.3. The second kappa shape index (κ2) is 4.88. The van der Waals surface area contributed by atoms with Gasteiger partial charge < -0.3 is 0 Å². The van der Waals surface area contributed by atoms with Crippen molar-refractivity contribution in [3.8, 4) is 11.3 Å². The summed E-state index contributed by atoms with van der Waals surface area (Å²) >= 11 is 0. The first-order valence-electron chi connectivity index (χ1n) is 8.07. The number of fused-ring (bicyclic) bond motifs is 2. The van der Waals surface area contributed by atoms with E-state index in [0.29, 0.717) is 5.92 Å². The number of aliphatic imine (C=N–C) groups is 1. The van der Waals surface area contributed by atoms with Crippen molar-refractivity contribution in [1.29, 1.82) is 0 Å². The maximum Gasteiger partial charge on any atom is 0.137 e. The van der Waals surface area contributed by atoms with Crippen molar-refractivity contribution in [2.45, 2.75) is 19.3 Å². The van der Waals surface area contributed by atoms with E-state index in [1.54, 1.807) is 6.33 Å². The Morgan fingerprint density at radius 3 is 2.91 bits per heavy atom. The average Bonchev–Trinajstić information content (AvgIpc) is 2.98. The van der Waals surface area contributed by atoms with Crippen molar-refractivity contribution in [3.05, 3.63) is 60.6 Å². The zero-order valence-electron chi connectivity index (χ0n) is 12.7. The molecule has 4 nitrogen and oxygen atoms in total. The van der Waals surface area contributed by atoms with Crippen LogP contribution in [0, 0.1) is 5.92 Å². The van der Waals surface area contributed by atoms with Crippen LogP contribution in [0.2, 0.25) is 0 Å². The molecule has 0 fully saturated rings. The molecule has 3 heterocycles. The van der Waals surface area contributed by atoms with E-state index in [2.05, 4.69) is 40.4 Å². The molecule has 0 saturated carbocycles. The monoisotopic (exact) mass is 300 g/mol. The third-order valence-electron chi connectivity index (χ3n) is 4.79. The number of aromatic nitrogens is 3. The molecule has 1 aliphatic heterocycles. The van der Waals surface area contributed by atoms with Gasteiger partial charge in [0.2, 0.25) is 0 Å². The fourth-order valence-electron chi connectivity index (χ4n) is 3.67. The van der Waals surface area contributed by atoms with Crippen LogP contribution >= 0.6 is 0 Å². The van der Waals surface area contributed by atoms with Crippen molar-refractivity contribution in [1.82, 2.24) is 14.6 Å². The second-order valence-electron chi connectivity index (χ2n) is 6.13. The molecule has 0 spiro atoms. The molecule has 2 aromatic heterocycles. The predicted octanol–water partition coefficient (Wildman–Crippen LogP) is 4.19. The number of nitrogens with zero attached hydrogens (tertiary/aromatic N) is 4. The molecular weight excluding hydrogens is 284 g/mol. The van der Waals surface area contributed by atoms with Crippen molar-refractivity contribution >= 4 is 16.9 Å². The van der Waals surface area contributed by atoms with E-state index >= 15 is 0 Å². The Hall–Kier alpha value is -2.75. The summed E-state index contributed by atoms with van der Waals surface area (Å²) in [6.07, 6.45) is 11.5. The molecule has 1 unspecified atom stereocenters. The average molecular weight is 300 g/mol. The van der Waals surface area contributed by atoms with E-state index in [1.165, 1.54) is 11.3 Å². The van der Waals surface area contributed by atoms with Crippen LogP contribution in [0.3, 0.4) is 0 Å². The van der Waals surface area contributed by atoms with Gasteiger partial charge in [-0.2, -0.15) is 5.10 Å². The lowest BCUT2D eigenvalue weighted by molar-refractivity contribution is 0.618. The first kappa shape index (κ1) is 12.8. The number of rotatable bonds is 1. The van der Waals surface area contributed by atoms with Crippen LogP contribution in [0.5, 0.6) is 0 Å². The Balaban J connectivity index is 1.85. The van der Waals surface area contributed by atoms with Gasteiger partial charge in [0, 0.05) is 23.2 Å². The maximum absolute atomic E-state index is 5.08. The van der Waals surface area contributed by atoms with Gasteiger partial charge in [-0.15, -0.1) is 0 Å². The zero-order chi connectivity index (χ0) is 15.2. The SMILES string of the molecule is C1=CCC(C2=Nc3ccccc3-c3ncnn4ccc2c34)CC1. The summed E-state index contributed by atoms with van der Waals surface area (Å²) in [5, 5.41) is 4.38. The Morgan fingerprint density at radius 2 is 2.00 bits per heavy atom. The Kier molecular flexibility index (Phi) is 2.71. The Labute approximate surface area is 134 Å². The Morgan fingerprint density at radius 1 is 1.04 bits per heavy atom. The summed E-state index contributed by atoms with van der Waals surface area (Å²) in [4.78, 5) is 9.65. The molecule has 0 saturated heterocycles. The van der Waals surface area contributed by atoms with Crippen LogP contribution < -0.4 is 0 Å².